The zero-order valence-electron chi connectivity index (χ0n) is 18.0. The van der Waals surface area contributed by atoms with E-state index < -0.39 is 15.7 Å². The van der Waals surface area contributed by atoms with Gasteiger partial charge in [-0.25, -0.2) is 14.3 Å². The van der Waals surface area contributed by atoms with Crippen molar-refractivity contribution in [3.63, 3.8) is 0 Å². The number of amides is 1. The molecule has 5 rings (SSSR count). The number of anilines is 1. The average Bonchev–Trinajstić information content (AvgIpc) is 3.17. The van der Waals surface area contributed by atoms with Gasteiger partial charge in [0.05, 0.1) is 10.9 Å². The summed E-state index contributed by atoms with van der Waals surface area (Å²) >= 11 is 0. The molecular formula is C21H30N6O3S. The Balaban J connectivity index is 1.29. The summed E-state index contributed by atoms with van der Waals surface area (Å²) in [5, 5.41) is 0.939. The summed E-state index contributed by atoms with van der Waals surface area (Å²) in [5.41, 5.74) is 0.322. The molecule has 1 aliphatic heterocycles. The summed E-state index contributed by atoms with van der Waals surface area (Å²) in [5.74, 6) is 1.10. The fraction of sp³-hybridized carbons (Fsp3) is 0.667. The van der Waals surface area contributed by atoms with Crippen molar-refractivity contribution in [2.24, 2.45) is 5.92 Å². The van der Waals surface area contributed by atoms with Crippen LogP contribution in [0.2, 0.25) is 0 Å². The van der Waals surface area contributed by atoms with E-state index in [9.17, 15) is 13.2 Å². The molecule has 2 aromatic rings. The van der Waals surface area contributed by atoms with Crippen LogP contribution in [0.1, 0.15) is 51.4 Å². The van der Waals surface area contributed by atoms with E-state index in [1.54, 1.807) is 4.31 Å². The number of aromatic amines is 1. The highest BCUT2D eigenvalue weighted by Gasteiger charge is 2.57. The van der Waals surface area contributed by atoms with Gasteiger partial charge in [-0.1, -0.05) is 25.7 Å². The standard InChI is InChI=1S/C21H30N6O3S/c1-25(18(28)7-6-16-4-2-3-5-16)31(29,30)27-13-12-26(14-21(27)9-10-21)20-17-8-11-22-19(17)23-15-24-20/h8,11,15-16H,2-7,9-10,12-14H2,1H3,(H,22,23,24). The molecule has 2 aromatic heterocycles. The molecule has 1 N–H and O–H groups in total. The number of carbonyl (C=O) groups is 1. The number of nitrogens with one attached hydrogen (secondary N) is 1. The Hall–Kier alpha value is -2.20. The van der Waals surface area contributed by atoms with E-state index in [1.807, 2.05) is 12.3 Å². The van der Waals surface area contributed by atoms with E-state index >= 15 is 0 Å². The number of piperazine rings is 1. The van der Waals surface area contributed by atoms with Gasteiger partial charge >= 0.3 is 10.2 Å². The van der Waals surface area contributed by atoms with E-state index in [0.717, 1.165) is 53.3 Å². The minimum atomic E-state index is -3.84. The lowest BCUT2D eigenvalue weighted by molar-refractivity contribution is -0.126. The topological polar surface area (TPSA) is 102 Å². The number of fused-ring (bicyclic) bond motifs is 1. The van der Waals surface area contributed by atoms with E-state index in [1.165, 1.54) is 26.2 Å². The first-order chi connectivity index (χ1) is 14.9. The maximum Gasteiger partial charge on any atom is 0.306 e. The number of aromatic nitrogens is 3. The quantitative estimate of drug-likeness (QED) is 0.730. The minimum absolute atomic E-state index is 0.296. The van der Waals surface area contributed by atoms with Crippen molar-refractivity contribution < 1.29 is 13.2 Å². The zero-order chi connectivity index (χ0) is 21.6. The second kappa shape index (κ2) is 7.74. The van der Waals surface area contributed by atoms with Crippen molar-refractivity contribution in [3.8, 4) is 0 Å². The van der Waals surface area contributed by atoms with Crippen LogP contribution in [-0.2, 0) is 15.0 Å². The van der Waals surface area contributed by atoms with Crippen molar-refractivity contribution in [2.75, 3.05) is 31.6 Å². The van der Waals surface area contributed by atoms with Crippen LogP contribution in [0.4, 0.5) is 5.82 Å². The van der Waals surface area contributed by atoms with Crippen LogP contribution < -0.4 is 4.90 Å². The molecule has 1 saturated heterocycles. The first-order valence-electron chi connectivity index (χ1n) is 11.2. The van der Waals surface area contributed by atoms with Gasteiger partial charge in [-0.05, 0) is 31.2 Å². The molecule has 9 nitrogen and oxygen atoms in total. The van der Waals surface area contributed by atoms with Crippen LogP contribution in [-0.4, -0.2) is 70.1 Å². The van der Waals surface area contributed by atoms with Crippen LogP contribution in [0.15, 0.2) is 18.6 Å². The van der Waals surface area contributed by atoms with E-state index in [2.05, 4.69) is 19.9 Å². The lowest BCUT2D eigenvalue weighted by atomic mass is 10.0. The average molecular weight is 447 g/mol. The monoisotopic (exact) mass is 446 g/mol. The maximum absolute atomic E-state index is 13.4. The van der Waals surface area contributed by atoms with Gasteiger partial charge in [-0.2, -0.15) is 12.7 Å². The van der Waals surface area contributed by atoms with Gasteiger partial charge in [0.25, 0.3) is 0 Å². The van der Waals surface area contributed by atoms with Gasteiger partial charge in [-0.15, -0.1) is 0 Å². The number of carbonyl (C=O) groups excluding carboxylic acids is 1. The van der Waals surface area contributed by atoms with Crippen LogP contribution >= 0.6 is 0 Å². The fourth-order valence-electron chi connectivity index (χ4n) is 5.23. The molecule has 3 aliphatic rings. The molecule has 10 heteroatoms. The number of nitrogens with zero attached hydrogens (tertiary/aromatic N) is 5. The van der Waals surface area contributed by atoms with Crippen molar-refractivity contribution in [1.29, 1.82) is 0 Å². The molecule has 0 bridgehead atoms. The van der Waals surface area contributed by atoms with Gasteiger partial charge in [-0.3, -0.25) is 4.79 Å². The van der Waals surface area contributed by atoms with Crippen molar-refractivity contribution in [2.45, 2.75) is 56.9 Å². The summed E-state index contributed by atoms with van der Waals surface area (Å²) in [6.07, 6.45) is 10.8. The third-order valence-electron chi connectivity index (χ3n) is 7.26. The highest BCUT2D eigenvalue weighted by molar-refractivity contribution is 7.87. The van der Waals surface area contributed by atoms with E-state index in [4.69, 9.17) is 0 Å². The van der Waals surface area contributed by atoms with Gasteiger partial charge in [0.1, 0.15) is 17.8 Å². The molecule has 0 radical (unpaired) electrons. The minimum Gasteiger partial charge on any atom is -0.353 e. The summed E-state index contributed by atoms with van der Waals surface area (Å²) < 4.78 is 29.3. The smallest absolute Gasteiger partial charge is 0.306 e. The Labute approximate surface area is 183 Å². The predicted molar refractivity (Wildman–Crippen MR) is 118 cm³/mol. The summed E-state index contributed by atoms with van der Waals surface area (Å²) in [7, 11) is -2.42. The van der Waals surface area contributed by atoms with Crippen LogP contribution in [0, 0.1) is 5.92 Å². The fourth-order valence-corrected chi connectivity index (χ4v) is 6.91. The largest absolute Gasteiger partial charge is 0.353 e. The SMILES string of the molecule is CN(C(=O)CCC1CCCC1)S(=O)(=O)N1CCN(c2ncnc3[nH]ccc23)CC12CC2. The third kappa shape index (κ3) is 3.69. The molecule has 168 valence electrons. The highest BCUT2D eigenvalue weighted by Crippen LogP contribution is 2.47. The summed E-state index contributed by atoms with van der Waals surface area (Å²) in [6, 6.07) is 1.95. The van der Waals surface area contributed by atoms with E-state index in [-0.39, 0.29) is 5.91 Å². The van der Waals surface area contributed by atoms with Crippen LogP contribution in [0.5, 0.6) is 0 Å². The van der Waals surface area contributed by atoms with Crippen molar-refractivity contribution in [1.82, 2.24) is 23.6 Å². The van der Waals surface area contributed by atoms with Gasteiger partial charge in [0, 0.05) is 39.3 Å². The molecular weight excluding hydrogens is 416 g/mol. The normalized spacial score (nSPS) is 21.8. The summed E-state index contributed by atoms with van der Waals surface area (Å²) in [6.45, 7) is 1.45. The second-order valence-corrected chi connectivity index (χ2v) is 11.1. The Morgan fingerprint density at radius 3 is 2.77 bits per heavy atom. The predicted octanol–water partition coefficient (Wildman–Crippen LogP) is 2.29. The first kappa shape index (κ1) is 20.7. The Kier molecular flexibility index (Phi) is 5.16. The van der Waals surface area contributed by atoms with Gasteiger partial charge in [0.15, 0.2) is 0 Å². The number of H-pyrrole nitrogens is 1. The highest BCUT2D eigenvalue weighted by atomic mass is 32.2. The number of hydrogen-bond acceptors (Lipinski definition) is 6. The number of rotatable bonds is 6. The lowest BCUT2D eigenvalue weighted by Crippen LogP contribution is -2.60. The van der Waals surface area contributed by atoms with Crippen LogP contribution in [0.25, 0.3) is 11.0 Å². The summed E-state index contributed by atoms with van der Waals surface area (Å²) in [4.78, 5) is 26.7. The van der Waals surface area contributed by atoms with Crippen molar-refractivity contribution in [3.05, 3.63) is 18.6 Å². The van der Waals surface area contributed by atoms with Crippen LogP contribution in [0.3, 0.4) is 0 Å². The third-order valence-corrected chi connectivity index (χ3v) is 9.29. The molecule has 31 heavy (non-hydrogen) atoms. The Morgan fingerprint density at radius 2 is 2.03 bits per heavy atom. The van der Waals surface area contributed by atoms with Crippen molar-refractivity contribution >= 4 is 33.0 Å². The number of hydrogen-bond donors (Lipinski definition) is 1. The molecule has 2 aliphatic carbocycles. The first-order valence-corrected chi connectivity index (χ1v) is 12.6. The Bertz CT molecular complexity index is 1070. The molecule has 1 spiro atoms. The molecule has 1 amide bonds. The molecule has 0 unspecified atom stereocenters. The molecule has 3 heterocycles. The van der Waals surface area contributed by atoms with Gasteiger partial charge in [0.2, 0.25) is 5.91 Å². The zero-order valence-corrected chi connectivity index (χ0v) is 18.8. The maximum atomic E-state index is 13.4. The molecule has 3 fully saturated rings. The Morgan fingerprint density at radius 1 is 1.26 bits per heavy atom. The lowest BCUT2D eigenvalue weighted by Gasteiger charge is -2.42. The molecule has 2 saturated carbocycles. The second-order valence-electron chi connectivity index (χ2n) is 9.21. The molecule has 0 atom stereocenters. The van der Waals surface area contributed by atoms with Gasteiger partial charge < -0.3 is 9.88 Å². The van der Waals surface area contributed by atoms with E-state index in [0.29, 0.717) is 32.0 Å². The molecule has 0 aromatic carbocycles.